The Morgan fingerprint density at radius 1 is 1.12 bits per heavy atom. The minimum atomic E-state index is -4.83. The van der Waals surface area contributed by atoms with E-state index in [1.807, 2.05) is 0 Å². The minimum Gasteiger partial charge on any atom is -0.454 e. The van der Waals surface area contributed by atoms with E-state index in [1.54, 1.807) is 25.1 Å². The van der Waals surface area contributed by atoms with E-state index in [2.05, 4.69) is 35.2 Å². The van der Waals surface area contributed by atoms with E-state index in [0.717, 1.165) is 0 Å². The summed E-state index contributed by atoms with van der Waals surface area (Å²) < 4.78 is 64.8. The van der Waals surface area contributed by atoms with Crippen molar-refractivity contribution in [1.29, 1.82) is 0 Å². The van der Waals surface area contributed by atoms with Crippen LogP contribution in [0.15, 0.2) is 59.0 Å². The van der Waals surface area contributed by atoms with Crippen molar-refractivity contribution in [1.82, 2.24) is 9.97 Å². The molecule has 0 aliphatic rings. The number of hydrogen-bond donors (Lipinski definition) is 5. The standard InChI is InChI=1S/C20H20F3N6O4S/c1-12(11-30)24-19-25-17(13-3-2-4-16(9-13)33-20(21,22)23)10-18(26-19)28-27-14-5-7-15(8-6-14)29-34(31)32/h2-10,12,27,30H,11H2,1H3,(H,29,31,32)(H2,24,25,26,28)/q-1/t12-/m1/s1. The van der Waals surface area contributed by atoms with Crippen LogP contribution in [-0.4, -0.2) is 38.6 Å². The third-order valence-corrected chi connectivity index (χ3v) is 4.49. The van der Waals surface area contributed by atoms with Gasteiger partial charge in [0.1, 0.15) is 5.75 Å². The number of hydrogen-bond acceptors (Lipinski definition) is 10. The number of hydrazine groups is 1. The quantitative estimate of drug-likeness (QED) is 0.164. The van der Waals surface area contributed by atoms with Gasteiger partial charge in [-0.25, -0.2) is 4.98 Å². The summed E-state index contributed by atoms with van der Waals surface area (Å²) in [6.07, 6.45) is -4.83. The number of nitrogens with one attached hydrogen (secondary N) is 3. The Balaban J connectivity index is 1.86. The van der Waals surface area contributed by atoms with E-state index in [1.165, 1.54) is 36.4 Å². The molecule has 0 spiro atoms. The highest BCUT2D eigenvalue weighted by Gasteiger charge is 2.31. The van der Waals surface area contributed by atoms with Crippen molar-refractivity contribution in [3.63, 3.8) is 0 Å². The summed E-state index contributed by atoms with van der Waals surface area (Å²) in [6.45, 7) is 1.50. The van der Waals surface area contributed by atoms with Crippen molar-refractivity contribution in [2.24, 2.45) is 4.36 Å². The molecule has 3 rings (SSSR count). The van der Waals surface area contributed by atoms with Gasteiger partial charge >= 0.3 is 6.36 Å². The predicted octanol–water partition coefficient (Wildman–Crippen LogP) is 4.53. The second-order valence-corrected chi connectivity index (χ2v) is 7.53. The second-order valence-electron chi connectivity index (χ2n) is 6.88. The molecule has 0 unspecified atom stereocenters. The van der Waals surface area contributed by atoms with Gasteiger partial charge in [-0.15, -0.1) is 13.2 Å². The molecule has 0 amide bonds. The van der Waals surface area contributed by atoms with Crippen LogP contribution in [-0.2, 0) is 15.1 Å². The van der Waals surface area contributed by atoms with Crippen molar-refractivity contribution in [3.05, 3.63) is 54.6 Å². The van der Waals surface area contributed by atoms with Crippen molar-refractivity contribution in [3.8, 4) is 17.0 Å². The maximum atomic E-state index is 12.6. The molecule has 0 saturated heterocycles. The van der Waals surface area contributed by atoms with Crippen LogP contribution in [0.1, 0.15) is 6.92 Å². The third kappa shape index (κ3) is 7.75. The van der Waals surface area contributed by atoms with Gasteiger partial charge in [-0.05, 0) is 43.3 Å². The number of anilines is 3. The summed E-state index contributed by atoms with van der Waals surface area (Å²) in [5.74, 6) is -0.00105. The molecule has 14 heteroatoms. The Morgan fingerprint density at radius 3 is 2.50 bits per heavy atom. The van der Waals surface area contributed by atoms with Crippen LogP contribution in [0.25, 0.3) is 11.3 Å². The number of alkyl halides is 3. The first kappa shape index (κ1) is 25.0. The second kappa shape index (κ2) is 11.0. The van der Waals surface area contributed by atoms with Gasteiger partial charge in [0.25, 0.3) is 0 Å². The molecule has 0 fully saturated rings. The molecule has 182 valence electrons. The molecule has 0 bridgehead atoms. The van der Waals surface area contributed by atoms with Crippen molar-refractivity contribution in [2.75, 3.05) is 22.8 Å². The summed E-state index contributed by atoms with van der Waals surface area (Å²) in [6, 6.07) is 12.7. The Hall–Kier alpha value is -3.62. The average molecular weight is 497 g/mol. The SMILES string of the molecule is C[C@H](CO)Nc1nc(NNc2ccc(N=[S-](=O)O)cc2)cc(-c2cccc(OC(F)(F)F)c2)n1. The lowest BCUT2D eigenvalue weighted by molar-refractivity contribution is -0.274. The molecule has 1 aromatic heterocycles. The highest BCUT2D eigenvalue weighted by molar-refractivity contribution is 7.68. The fraction of sp³-hybridized carbons (Fsp3) is 0.200. The number of aliphatic hydroxyl groups is 1. The first-order valence-corrected chi connectivity index (χ1v) is 10.7. The number of aromatic nitrogens is 2. The van der Waals surface area contributed by atoms with Crippen LogP contribution >= 0.6 is 0 Å². The number of halogens is 3. The highest BCUT2D eigenvalue weighted by Crippen LogP contribution is 2.29. The zero-order valence-electron chi connectivity index (χ0n) is 17.6. The fourth-order valence-corrected chi connectivity index (χ4v) is 2.98. The molecule has 5 N–H and O–H groups in total. The number of rotatable bonds is 9. The lowest BCUT2D eigenvalue weighted by Gasteiger charge is -2.15. The van der Waals surface area contributed by atoms with Gasteiger partial charge in [-0.3, -0.25) is 10.9 Å². The Kier molecular flexibility index (Phi) is 8.09. The number of ether oxygens (including phenoxy) is 1. The minimum absolute atomic E-state index is 0.130. The maximum absolute atomic E-state index is 12.6. The zero-order chi connectivity index (χ0) is 24.7. The average Bonchev–Trinajstić information content (AvgIpc) is 2.77. The van der Waals surface area contributed by atoms with Gasteiger partial charge in [-0.2, -0.15) is 4.98 Å². The molecule has 0 saturated carbocycles. The van der Waals surface area contributed by atoms with Crippen LogP contribution in [0.3, 0.4) is 0 Å². The Labute approximate surface area is 194 Å². The van der Waals surface area contributed by atoms with Gasteiger partial charge in [0.2, 0.25) is 5.95 Å². The van der Waals surface area contributed by atoms with E-state index >= 15 is 0 Å². The summed E-state index contributed by atoms with van der Waals surface area (Å²) in [5.41, 5.74) is 7.26. The molecule has 2 aromatic carbocycles. The van der Waals surface area contributed by atoms with Crippen molar-refractivity contribution >= 4 is 34.0 Å². The highest BCUT2D eigenvalue weighted by atomic mass is 32.2. The molecule has 34 heavy (non-hydrogen) atoms. The van der Waals surface area contributed by atoms with E-state index in [0.29, 0.717) is 22.6 Å². The smallest absolute Gasteiger partial charge is 0.454 e. The third-order valence-electron chi connectivity index (χ3n) is 4.12. The summed E-state index contributed by atoms with van der Waals surface area (Å²) in [4.78, 5) is 8.61. The topological polar surface area (TPSA) is 141 Å². The van der Waals surface area contributed by atoms with Gasteiger partial charge in [0.05, 0.1) is 18.0 Å². The number of benzene rings is 2. The first-order chi connectivity index (χ1) is 16.1. The molecule has 3 aromatic rings. The fourth-order valence-electron chi connectivity index (χ4n) is 2.67. The van der Waals surface area contributed by atoms with Gasteiger partial charge in [-0.1, -0.05) is 23.0 Å². The first-order valence-electron chi connectivity index (χ1n) is 9.69. The summed E-state index contributed by atoms with van der Waals surface area (Å²) >= 11 is 0. The molecular formula is C20H20F3N6O4S-. The Bertz CT molecular complexity index is 1200. The van der Waals surface area contributed by atoms with Crippen LogP contribution in [0.5, 0.6) is 5.75 Å². The maximum Gasteiger partial charge on any atom is 0.573 e. The van der Waals surface area contributed by atoms with E-state index in [4.69, 9.17) is 4.55 Å². The molecule has 0 aliphatic carbocycles. The van der Waals surface area contributed by atoms with Crippen LogP contribution in [0.4, 0.5) is 36.3 Å². The zero-order valence-corrected chi connectivity index (χ0v) is 18.4. The number of aliphatic hydroxyl groups excluding tert-OH is 1. The van der Waals surface area contributed by atoms with Crippen LogP contribution in [0.2, 0.25) is 0 Å². The van der Waals surface area contributed by atoms with Crippen LogP contribution < -0.4 is 20.9 Å². The monoisotopic (exact) mass is 497 g/mol. The molecule has 1 heterocycles. The summed E-state index contributed by atoms with van der Waals surface area (Å²) in [7, 11) is -2.32. The predicted molar refractivity (Wildman–Crippen MR) is 121 cm³/mol. The van der Waals surface area contributed by atoms with Gasteiger partial charge in [0, 0.05) is 23.4 Å². The van der Waals surface area contributed by atoms with E-state index in [9.17, 15) is 22.5 Å². The molecule has 1 atom stereocenters. The van der Waals surface area contributed by atoms with E-state index < -0.39 is 23.0 Å². The molecule has 10 nitrogen and oxygen atoms in total. The van der Waals surface area contributed by atoms with Crippen molar-refractivity contribution in [2.45, 2.75) is 19.3 Å². The molecular weight excluding hydrogens is 477 g/mol. The molecule has 0 aliphatic heterocycles. The number of nitrogens with zero attached hydrogens (tertiary/aromatic N) is 3. The van der Waals surface area contributed by atoms with Crippen molar-refractivity contribution < 1.29 is 31.8 Å². The Morgan fingerprint density at radius 2 is 1.85 bits per heavy atom. The van der Waals surface area contributed by atoms with Gasteiger partial charge in [0.15, 0.2) is 5.82 Å². The van der Waals surface area contributed by atoms with E-state index in [-0.39, 0.29) is 24.4 Å². The molecule has 0 radical (unpaired) electrons. The normalized spacial score (nSPS) is 13.2. The van der Waals surface area contributed by atoms with Gasteiger partial charge < -0.3 is 28.3 Å². The van der Waals surface area contributed by atoms with Crippen LogP contribution in [0, 0.1) is 0 Å². The largest absolute Gasteiger partial charge is 0.573 e. The summed E-state index contributed by atoms with van der Waals surface area (Å²) in [5, 5.41) is 12.2. The lowest BCUT2D eigenvalue weighted by Crippen LogP contribution is -2.21. The lowest BCUT2D eigenvalue weighted by atomic mass is 10.1.